The largest absolute Gasteiger partial charge is 0.370 e. The highest BCUT2D eigenvalue weighted by atomic mass is 19.2. The van der Waals surface area contributed by atoms with Gasteiger partial charge in [0.15, 0.2) is 17.4 Å². The number of carbonyl (C=O) groups excluding carboxylic acids is 1. The molecule has 0 bridgehead atoms. The molecule has 1 rings (SSSR count). The topological polar surface area (TPSA) is 26.3 Å². The Labute approximate surface area is 99.6 Å². The standard InChI is InChI=1S/C13H16F2O2/c1-4-17-13(8(2)3)12(16)9-6-5-7-10(14)11(9)15/h5-8,13H,4H2,1-3H3. The predicted molar refractivity (Wildman–Crippen MR) is 60.9 cm³/mol. The van der Waals surface area contributed by atoms with Crippen LogP contribution in [0.2, 0.25) is 0 Å². The summed E-state index contributed by atoms with van der Waals surface area (Å²) in [5.74, 6) is -2.73. The third kappa shape index (κ3) is 3.09. The van der Waals surface area contributed by atoms with Crippen molar-refractivity contribution < 1.29 is 18.3 Å². The third-order valence-electron chi connectivity index (χ3n) is 2.43. The van der Waals surface area contributed by atoms with E-state index in [0.717, 1.165) is 6.07 Å². The van der Waals surface area contributed by atoms with Crippen LogP contribution >= 0.6 is 0 Å². The molecular weight excluding hydrogens is 226 g/mol. The summed E-state index contributed by atoms with van der Waals surface area (Å²) in [6, 6.07) is 3.57. The third-order valence-corrected chi connectivity index (χ3v) is 2.43. The molecule has 2 nitrogen and oxygen atoms in total. The molecule has 1 unspecified atom stereocenters. The van der Waals surface area contributed by atoms with Crippen LogP contribution in [0.1, 0.15) is 31.1 Å². The highest BCUT2D eigenvalue weighted by molar-refractivity contribution is 5.99. The number of rotatable bonds is 5. The van der Waals surface area contributed by atoms with Crippen LogP contribution in [-0.4, -0.2) is 18.5 Å². The fourth-order valence-electron chi connectivity index (χ4n) is 1.60. The Hall–Kier alpha value is -1.29. The fourth-order valence-corrected chi connectivity index (χ4v) is 1.60. The predicted octanol–water partition coefficient (Wildman–Crippen LogP) is 3.21. The molecular formula is C13H16F2O2. The molecule has 0 aliphatic carbocycles. The minimum absolute atomic E-state index is 0.0925. The number of Topliss-reactive ketones (excluding diaryl/α,β-unsaturated/α-hetero) is 1. The second-order valence-electron chi connectivity index (χ2n) is 4.09. The van der Waals surface area contributed by atoms with Gasteiger partial charge in [-0.2, -0.15) is 0 Å². The Morgan fingerprint density at radius 2 is 2.00 bits per heavy atom. The van der Waals surface area contributed by atoms with Crippen LogP contribution in [0.15, 0.2) is 18.2 Å². The van der Waals surface area contributed by atoms with Gasteiger partial charge in [-0.1, -0.05) is 19.9 Å². The van der Waals surface area contributed by atoms with Gasteiger partial charge in [0.1, 0.15) is 6.10 Å². The molecule has 0 aromatic heterocycles. The Bertz CT molecular complexity index is 402. The maximum Gasteiger partial charge on any atom is 0.194 e. The van der Waals surface area contributed by atoms with Crippen molar-refractivity contribution in [2.24, 2.45) is 5.92 Å². The molecule has 0 aliphatic heterocycles. The molecule has 1 atom stereocenters. The molecule has 0 N–H and O–H groups in total. The summed E-state index contributed by atoms with van der Waals surface area (Å²) in [7, 11) is 0. The zero-order valence-corrected chi connectivity index (χ0v) is 10.2. The summed E-state index contributed by atoms with van der Waals surface area (Å²) in [5.41, 5.74) is -0.253. The summed E-state index contributed by atoms with van der Waals surface area (Å²) >= 11 is 0. The van der Waals surface area contributed by atoms with Gasteiger partial charge in [-0.15, -0.1) is 0 Å². The minimum atomic E-state index is -1.11. The molecule has 17 heavy (non-hydrogen) atoms. The normalized spacial score (nSPS) is 12.8. The lowest BCUT2D eigenvalue weighted by Crippen LogP contribution is -2.30. The number of carbonyl (C=O) groups is 1. The SMILES string of the molecule is CCOC(C(=O)c1cccc(F)c1F)C(C)C. The quantitative estimate of drug-likeness (QED) is 0.741. The van der Waals surface area contributed by atoms with Crippen LogP contribution in [0.5, 0.6) is 0 Å². The highest BCUT2D eigenvalue weighted by Crippen LogP contribution is 2.18. The fraction of sp³-hybridized carbons (Fsp3) is 0.462. The lowest BCUT2D eigenvalue weighted by Gasteiger charge is -2.19. The van der Waals surface area contributed by atoms with Crippen molar-refractivity contribution in [3.05, 3.63) is 35.4 Å². The Kier molecular flexibility index (Phi) is 4.75. The van der Waals surface area contributed by atoms with Gasteiger partial charge in [-0.05, 0) is 25.0 Å². The van der Waals surface area contributed by atoms with Crippen molar-refractivity contribution in [3.8, 4) is 0 Å². The number of halogens is 2. The van der Waals surface area contributed by atoms with E-state index in [1.807, 2.05) is 0 Å². The first-order chi connectivity index (χ1) is 7.99. The van der Waals surface area contributed by atoms with E-state index >= 15 is 0 Å². The van der Waals surface area contributed by atoms with E-state index in [2.05, 4.69) is 0 Å². The van der Waals surface area contributed by atoms with Gasteiger partial charge < -0.3 is 4.74 Å². The molecule has 4 heteroatoms. The molecule has 1 aromatic rings. The first kappa shape index (κ1) is 13.8. The van der Waals surface area contributed by atoms with E-state index in [-0.39, 0.29) is 11.5 Å². The summed E-state index contributed by atoms with van der Waals surface area (Å²) in [4.78, 5) is 12.0. The number of ether oxygens (including phenoxy) is 1. The maximum atomic E-state index is 13.5. The summed E-state index contributed by atoms with van der Waals surface area (Å²) in [5, 5.41) is 0. The number of hydrogen-bond donors (Lipinski definition) is 0. The van der Waals surface area contributed by atoms with Crippen LogP contribution in [0, 0.1) is 17.6 Å². The lowest BCUT2D eigenvalue weighted by molar-refractivity contribution is 0.0276. The monoisotopic (exact) mass is 242 g/mol. The average Bonchev–Trinajstić information content (AvgIpc) is 2.28. The van der Waals surface area contributed by atoms with Crippen molar-refractivity contribution in [1.82, 2.24) is 0 Å². The van der Waals surface area contributed by atoms with Crippen molar-refractivity contribution in [2.75, 3.05) is 6.61 Å². The van der Waals surface area contributed by atoms with Gasteiger partial charge in [-0.3, -0.25) is 4.79 Å². The van der Waals surface area contributed by atoms with Gasteiger partial charge in [-0.25, -0.2) is 8.78 Å². The highest BCUT2D eigenvalue weighted by Gasteiger charge is 2.26. The molecule has 1 aromatic carbocycles. The molecule has 0 spiro atoms. The molecule has 0 fully saturated rings. The number of benzene rings is 1. The molecule has 0 saturated carbocycles. The summed E-state index contributed by atoms with van der Waals surface area (Å²) in [6.45, 7) is 5.71. The van der Waals surface area contributed by atoms with Gasteiger partial charge in [0.2, 0.25) is 0 Å². The van der Waals surface area contributed by atoms with E-state index < -0.39 is 23.5 Å². The molecule has 0 heterocycles. The van der Waals surface area contributed by atoms with Crippen molar-refractivity contribution in [3.63, 3.8) is 0 Å². The zero-order valence-electron chi connectivity index (χ0n) is 10.2. The van der Waals surface area contributed by atoms with E-state index in [4.69, 9.17) is 4.74 Å². The molecule has 0 radical (unpaired) electrons. The maximum absolute atomic E-state index is 13.5. The van der Waals surface area contributed by atoms with E-state index in [9.17, 15) is 13.6 Å². The van der Waals surface area contributed by atoms with Crippen molar-refractivity contribution in [1.29, 1.82) is 0 Å². The van der Waals surface area contributed by atoms with Gasteiger partial charge in [0.05, 0.1) is 5.56 Å². The number of hydrogen-bond acceptors (Lipinski definition) is 2. The average molecular weight is 242 g/mol. The van der Waals surface area contributed by atoms with Crippen LogP contribution in [0.25, 0.3) is 0 Å². The zero-order chi connectivity index (χ0) is 13.0. The number of ketones is 1. The van der Waals surface area contributed by atoms with Crippen LogP contribution < -0.4 is 0 Å². The molecule has 94 valence electrons. The van der Waals surface area contributed by atoms with Crippen LogP contribution in [-0.2, 0) is 4.74 Å². The van der Waals surface area contributed by atoms with Crippen molar-refractivity contribution >= 4 is 5.78 Å². The van der Waals surface area contributed by atoms with E-state index in [1.54, 1.807) is 20.8 Å². The molecule has 0 amide bonds. The Morgan fingerprint density at radius 3 is 2.53 bits per heavy atom. The van der Waals surface area contributed by atoms with Crippen LogP contribution in [0.3, 0.4) is 0 Å². The second-order valence-corrected chi connectivity index (χ2v) is 4.09. The first-order valence-corrected chi connectivity index (χ1v) is 5.58. The minimum Gasteiger partial charge on any atom is -0.370 e. The van der Waals surface area contributed by atoms with Crippen LogP contribution in [0.4, 0.5) is 8.78 Å². The Balaban J connectivity index is 3.05. The lowest BCUT2D eigenvalue weighted by atomic mass is 9.97. The summed E-state index contributed by atoms with van der Waals surface area (Å²) in [6.07, 6.45) is -0.740. The first-order valence-electron chi connectivity index (χ1n) is 5.58. The van der Waals surface area contributed by atoms with Gasteiger partial charge in [0.25, 0.3) is 0 Å². The van der Waals surface area contributed by atoms with E-state index in [1.165, 1.54) is 12.1 Å². The van der Waals surface area contributed by atoms with Gasteiger partial charge >= 0.3 is 0 Å². The summed E-state index contributed by atoms with van der Waals surface area (Å²) < 4.78 is 31.8. The molecule has 0 aliphatic rings. The Morgan fingerprint density at radius 1 is 1.35 bits per heavy atom. The van der Waals surface area contributed by atoms with E-state index in [0.29, 0.717) is 6.61 Å². The molecule has 0 saturated heterocycles. The second kappa shape index (κ2) is 5.87. The smallest absolute Gasteiger partial charge is 0.194 e. The van der Waals surface area contributed by atoms with Crippen molar-refractivity contribution in [2.45, 2.75) is 26.9 Å². The van der Waals surface area contributed by atoms with Gasteiger partial charge in [0, 0.05) is 6.61 Å².